The first-order chi connectivity index (χ1) is 9.95. The maximum absolute atomic E-state index is 11.3. The van der Waals surface area contributed by atoms with Crippen LogP contribution in [0.4, 0.5) is 0 Å². The van der Waals surface area contributed by atoms with E-state index in [1.165, 1.54) is 6.08 Å². The lowest BCUT2D eigenvalue weighted by molar-refractivity contribution is -0.147. The molecule has 1 rings (SSSR count). The van der Waals surface area contributed by atoms with Gasteiger partial charge in [0.15, 0.2) is 0 Å². The van der Waals surface area contributed by atoms with Crippen molar-refractivity contribution in [1.82, 2.24) is 0 Å². The van der Waals surface area contributed by atoms with E-state index < -0.39 is 24.1 Å². The summed E-state index contributed by atoms with van der Waals surface area (Å²) in [5.41, 5.74) is 0.794. The number of ether oxygens (including phenoxy) is 1. The summed E-state index contributed by atoms with van der Waals surface area (Å²) in [5.74, 6) is -1.73. The van der Waals surface area contributed by atoms with Gasteiger partial charge in [-0.1, -0.05) is 24.3 Å². The number of aliphatic hydroxyl groups excluding tert-OH is 2. The summed E-state index contributed by atoms with van der Waals surface area (Å²) >= 11 is 0. The molecule has 1 aromatic carbocycles. The minimum atomic E-state index is -1.33. The average molecular weight is 294 g/mol. The molecule has 0 saturated heterocycles. The first-order valence-corrected chi connectivity index (χ1v) is 6.47. The van der Waals surface area contributed by atoms with Crippen molar-refractivity contribution < 1.29 is 29.6 Å². The molecule has 0 aromatic heterocycles. The molecule has 6 nitrogen and oxygen atoms in total. The summed E-state index contributed by atoms with van der Waals surface area (Å²) < 4.78 is 4.71. The van der Waals surface area contributed by atoms with Crippen molar-refractivity contribution in [3.05, 3.63) is 41.5 Å². The number of carbonyl (C=O) groups is 2. The topological polar surface area (TPSA) is 104 Å². The number of esters is 1. The van der Waals surface area contributed by atoms with Gasteiger partial charge < -0.3 is 20.1 Å². The molecule has 0 aliphatic rings. The van der Waals surface area contributed by atoms with Crippen molar-refractivity contribution in [1.29, 1.82) is 0 Å². The van der Waals surface area contributed by atoms with E-state index in [0.717, 1.165) is 6.08 Å². The summed E-state index contributed by atoms with van der Waals surface area (Å²) in [6.45, 7) is 1.84. The lowest BCUT2D eigenvalue weighted by Crippen LogP contribution is -2.23. The molecule has 0 spiro atoms. The second-order valence-corrected chi connectivity index (χ2v) is 4.32. The molecule has 0 saturated carbocycles. The van der Waals surface area contributed by atoms with Crippen molar-refractivity contribution in [3.8, 4) is 0 Å². The summed E-state index contributed by atoms with van der Waals surface area (Å²) in [6, 6.07) is 6.48. The molecule has 6 heteroatoms. The lowest BCUT2D eigenvalue weighted by atomic mass is 9.97. The molecular formula is C15H18O6. The maximum Gasteiger partial charge on any atom is 0.328 e. The number of aliphatic carboxylic acids is 1. The first-order valence-electron chi connectivity index (χ1n) is 6.47. The van der Waals surface area contributed by atoms with Crippen LogP contribution in [0.3, 0.4) is 0 Å². The van der Waals surface area contributed by atoms with Gasteiger partial charge in [0.2, 0.25) is 0 Å². The highest BCUT2D eigenvalue weighted by molar-refractivity contribution is 5.85. The molecular weight excluding hydrogens is 276 g/mol. The van der Waals surface area contributed by atoms with Crippen LogP contribution in [0.2, 0.25) is 0 Å². The molecule has 1 aromatic rings. The van der Waals surface area contributed by atoms with E-state index in [9.17, 15) is 19.8 Å². The van der Waals surface area contributed by atoms with Gasteiger partial charge >= 0.3 is 11.9 Å². The number of carboxylic acids is 1. The highest BCUT2D eigenvalue weighted by Gasteiger charge is 2.23. The van der Waals surface area contributed by atoms with Crippen LogP contribution in [0.25, 0.3) is 6.08 Å². The van der Waals surface area contributed by atoms with Gasteiger partial charge in [0.05, 0.1) is 19.1 Å². The van der Waals surface area contributed by atoms with E-state index in [4.69, 9.17) is 9.84 Å². The maximum atomic E-state index is 11.3. The Morgan fingerprint density at radius 3 is 2.57 bits per heavy atom. The zero-order chi connectivity index (χ0) is 15.8. The quantitative estimate of drug-likeness (QED) is 0.514. The Balaban J connectivity index is 2.88. The summed E-state index contributed by atoms with van der Waals surface area (Å²) in [4.78, 5) is 21.8. The van der Waals surface area contributed by atoms with Gasteiger partial charge in [-0.3, -0.25) is 4.79 Å². The number of benzene rings is 1. The lowest BCUT2D eigenvalue weighted by Gasteiger charge is -2.19. The molecule has 0 aliphatic heterocycles. The molecule has 0 radical (unpaired) electrons. The molecule has 2 atom stereocenters. The van der Waals surface area contributed by atoms with Crippen LogP contribution in [0, 0.1) is 0 Å². The number of rotatable bonds is 7. The van der Waals surface area contributed by atoms with E-state index >= 15 is 0 Å². The van der Waals surface area contributed by atoms with Crippen molar-refractivity contribution in [2.75, 3.05) is 6.61 Å². The summed E-state index contributed by atoms with van der Waals surface area (Å²) in [7, 11) is 0. The van der Waals surface area contributed by atoms with Gasteiger partial charge in [0.25, 0.3) is 0 Å². The molecule has 0 heterocycles. The second kappa shape index (κ2) is 8.18. The zero-order valence-corrected chi connectivity index (χ0v) is 11.6. The standard InChI is InChI=1S/C15H18O6/c1-2-21-14(19)9-12(16)15(20)11-6-4-3-5-10(11)7-8-13(17)18/h3-8,12,15-16,20H,2,9H2,1H3,(H,17,18)/b8-7+. The average Bonchev–Trinajstić information content (AvgIpc) is 2.44. The van der Waals surface area contributed by atoms with Crippen LogP contribution in [0.1, 0.15) is 30.6 Å². The molecule has 0 amide bonds. The number of carboxylic acid groups (broad SMARTS) is 1. The van der Waals surface area contributed by atoms with Crippen LogP contribution < -0.4 is 0 Å². The molecule has 0 fully saturated rings. The fourth-order valence-corrected chi connectivity index (χ4v) is 1.80. The Kier molecular flexibility index (Phi) is 6.58. The highest BCUT2D eigenvalue weighted by atomic mass is 16.5. The Morgan fingerprint density at radius 2 is 1.95 bits per heavy atom. The third-order valence-electron chi connectivity index (χ3n) is 2.77. The van der Waals surface area contributed by atoms with Crippen LogP contribution in [-0.2, 0) is 14.3 Å². The highest BCUT2D eigenvalue weighted by Crippen LogP contribution is 2.24. The van der Waals surface area contributed by atoms with E-state index in [2.05, 4.69) is 0 Å². The van der Waals surface area contributed by atoms with E-state index in [1.807, 2.05) is 0 Å². The first kappa shape index (κ1) is 16.9. The van der Waals surface area contributed by atoms with Crippen LogP contribution in [-0.4, -0.2) is 40.0 Å². The third kappa shape index (κ3) is 5.37. The fourth-order valence-electron chi connectivity index (χ4n) is 1.80. The second-order valence-electron chi connectivity index (χ2n) is 4.32. The monoisotopic (exact) mass is 294 g/mol. The molecule has 2 unspecified atom stereocenters. The van der Waals surface area contributed by atoms with E-state index in [0.29, 0.717) is 11.1 Å². The minimum Gasteiger partial charge on any atom is -0.478 e. The van der Waals surface area contributed by atoms with Gasteiger partial charge in [-0.2, -0.15) is 0 Å². The van der Waals surface area contributed by atoms with Gasteiger partial charge in [-0.05, 0) is 24.1 Å². The van der Waals surface area contributed by atoms with Crippen molar-refractivity contribution in [2.24, 2.45) is 0 Å². The van der Waals surface area contributed by atoms with E-state index in [-0.39, 0.29) is 13.0 Å². The van der Waals surface area contributed by atoms with Crippen LogP contribution >= 0.6 is 0 Å². The normalized spacial score (nSPS) is 13.9. The summed E-state index contributed by atoms with van der Waals surface area (Å²) in [6.07, 6.45) is -0.736. The van der Waals surface area contributed by atoms with Gasteiger partial charge in [-0.25, -0.2) is 4.79 Å². The minimum absolute atomic E-state index is 0.194. The van der Waals surface area contributed by atoms with Crippen molar-refractivity contribution in [2.45, 2.75) is 25.6 Å². The van der Waals surface area contributed by atoms with Gasteiger partial charge in [-0.15, -0.1) is 0 Å². The Hall–Kier alpha value is -2.18. The molecule has 114 valence electrons. The zero-order valence-electron chi connectivity index (χ0n) is 11.6. The van der Waals surface area contributed by atoms with Gasteiger partial charge in [0, 0.05) is 6.08 Å². The van der Waals surface area contributed by atoms with E-state index in [1.54, 1.807) is 31.2 Å². The smallest absolute Gasteiger partial charge is 0.328 e. The molecule has 0 bridgehead atoms. The fraction of sp³-hybridized carbons (Fsp3) is 0.333. The number of aliphatic hydroxyl groups is 2. The SMILES string of the molecule is CCOC(=O)CC(O)C(O)c1ccccc1/C=C/C(=O)O. The Labute approximate surface area is 122 Å². The number of carbonyl (C=O) groups excluding carboxylic acids is 1. The van der Waals surface area contributed by atoms with Crippen LogP contribution in [0.5, 0.6) is 0 Å². The van der Waals surface area contributed by atoms with Gasteiger partial charge in [0.1, 0.15) is 6.10 Å². The third-order valence-corrected chi connectivity index (χ3v) is 2.77. The molecule has 3 N–H and O–H groups in total. The number of hydrogen-bond donors (Lipinski definition) is 3. The molecule has 0 aliphatic carbocycles. The Bertz CT molecular complexity index is 523. The van der Waals surface area contributed by atoms with Crippen molar-refractivity contribution >= 4 is 18.0 Å². The largest absolute Gasteiger partial charge is 0.478 e. The number of hydrogen-bond acceptors (Lipinski definition) is 5. The predicted molar refractivity (Wildman–Crippen MR) is 75.3 cm³/mol. The summed E-state index contributed by atoms with van der Waals surface area (Å²) in [5, 5.41) is 28.6. The molecule has 21 heavy (non-hydrogen) atoms. The Morgan fingerprint density at radius 1 is 1.29 bits per heavy atom. The predicted octanol–water partition coefficient (Wildman–Crippen LogP) is 1.13. The van der Waals surface area contributed by atoms with Crippen molar-refractivity contribution in [3.63, 3.8) is 0 Å². The van der Waals surface area contributed by atoms with Crippen LogP contribution in [0.15, 0.2) is 30.3 Å².